The molecule has 212 valence electrons. The first-order chi connectivity index (χ1) is 31.1. The number of hydrogen-bond acceptors (Lipinski definition) is 0. The van der Waals surface area contributed by atoms with Crippen LogP contribution in [-0.4, -0.2) is 0 Å². The van der Waals surface area contributed by atoms with Crippen molar-refractivity contribution in [3.8, 4) is 33.4 Å². The summed E-state index contributed by atoms with van der Waals surface area (Å²) in [6, 6.07) is 0.735. The van der Waals surface area contributed by atoms with Gasteiger partial charge in [0.2, 0.25) is 0 Å². The van der Waals surface area contributed by atoms with Crippen LogP contribution in [0.15, 0.2) is 169 Å². The van der Waals surface area contributed by atoms with Crippen molar-refractivity contribution in [1.29, 1.82) is 0 Å². The third kappa shape index (κ3) is 3.62. The molecule has 0 heterocycles. The van der Waals surface area contributed by atoms with Crippen LogP contribution < -0.4 is 0 Å². The van der Waals surface area contributed by atoms with Crippen LogP contribution >= 0.6 is 0 Å². The molecule has 0 saturated heterocycles. The van der Waals surface area contributed by atoms with Crippen LogP contribution in [0.25, 0.3) is 98.0 Å². The molecule has 0 bridgehead atoms. The van der Waals surface area contributed by atoms with Gasteiger partial charge < -0.3 is 0 Å². The average Bonchev–Trinajstić information content (AvgIpc) is 3.31. The van der Waals surface area contributed by atoms with Gasteiger partial charge in [-0.15, -0.1) is 0 Å². The zero-order valence-electron chi connectivity index (χ0n) is 43.6. The lowest BCUT2D eigenvalue weighted by molar-refractivity contribution is 1.66. The Morgan fingerprint density at radius 3 is 1.65 bits per heavy atom. The van der Waals surface area contributed by atoms with Crippen molar-refractivity contribution in [1.82, 2.24) is 0 Å². The van der Waals surface area contributed by atoms with E-state index in [2.05, 4.69) is 0 Å². The number of hydrogen-bond donors (Lipinski definition) is 0. The Bertz CT molecular complexity index is 3860. The molecule has 46 heavy (non-hydrogen) atoms. The summed E-state index contributed by atoms with van der Waals surface area (Å²) in [5, 5.41) is 1.89. The average molecular weight is 601 g/mol. The normalized spacial score (nSPS) is 18.0. The Balaban J connectivity index is 1.47. The molecule has 10 aromatic rings. The van der Waals surface area contributed by atoms with Crippen molar-refractivity contribution in [3.05, 3.63) is 169 Å². The molecule has 10 rings (SSSR count). The third-order valence-electron chi connectivity index (χ3n) is 8.59. The predicted octanol–water partition coefficient (Wildman–Crippen LogP) is 13.0. The minimum Gasteiger partial charge on any atom is -0.0622 e. The minimum atomic E-state index is -0.792. The summed E-state index contributed by atoms with van der Waals surface area (Å²) in [5.74, 6) is 0. The molecule has 0 fully saturated rings. The molecule has 0 heteroatoms. The summed E-state index contributed by atoms with van der Waals surface area (Å²) in [6.45, 7) is 0. The Hall–Kier alpha value is -5.98. The maximum absolute atomic E-state index is 9.61. The molecule has 0 aliphatic heterocycles. The molecule has 0 radical (unpaired) electrons. The van der Waals surface area contributed by atoms with E-state index in [0.29, 0.717) is 32.5 Å². The zero-order chi connectivity index (χ0) is 47.6. The molecule has 0 saturated carbocycles. The summed E-state index contributed by atoms with van der Waals surface area (Å²) in [6.07, 6.45) is 0. The van der Waals surface area contributed by atoms with Gasteiger partial charge in [-0.05, 0) is 110 Å². The molecule has 0 nitrogen and oxygen atoms in total. The van der Waals surface area contributed by atoms with Crippen molar-refractivity contribution in [2.24, 2.45) is 0 Å². The maximum Gasteiger partial charge on any atom is 0.0630 e. The smallest absolute Gasteiger partial charge is 0.0622 e. The van der Waals surface area contributed by atoms with Crippen LogP contribution in [0.4, 0.5) is 0 Å². The highest BCUT2D eigenvalue weighted by molar-refractivity contribution is 6.30. The summed E-state index contributed by atoms with van der Waals surface area (Å²) in [5.41, 5.74) is -0.405. The molecule has 0 N–H and O–H groups in total. The molecular weight excluding hydrogens is 553 g/mol. The molecule has 0 aromatic heterocycles. The molecule has 10 aromatic carbocycles. The van der Waals surface area contributed by atoms with E-state index in [-0.39, 0.29) is 61.1 Å². The molecule has 0 aliphatic carbocycles. The van der Waals surface area contributed by atoms with Gasteiger partial charge >= 0.3 is 0 Å². The summed E-state index contributed by atoms with van der Waals surface area (Å²) in [4.78, 5) is 0. The van der Waals surface area contributed by atoms with Crippen molar-refractivity contribution >= 4 is 64.6 Å². The Kier molecular flexibility index (Phi) is 2.71. The van der Waals surface area contributed by atoms with E-state index in [9.17, 15) is 6.85 Å². The highest BCUT2D eigenvalue weighted by Crippen LogP contribution is 2.48. The SMILES string of the molecule is [2H]c1c([2H])c([2H])c(-c2ccc3ccc4cc(-c5c6c([2H])c([2H])c([2H])c([2H])c6c(-c6c([2H])c([2H])c([2H])c([2H])c6[2H])c6c([2H])c([2H])c7c([2H])c([2H])c([2H])c([2H])c7c56)cc5ccc2c3c45)c([2H])c1[2H]. The highest BCUT2D eigenvalue weighted by atomic mass is 14.2. The van der Waals surface area contributed by atoms with Crippen molar-refractivity contribution in [2.45, 2.75) is 0 Å². The lowest BCUT2D eigenvalue weighted by Gasteiger charge is -2.20. The van der Waals surface area contributed by atoms with Gasteiger partial charge in [0, 0.05) is 0 Å². The Morgan fingerprint density at radius 2 is 0.891 bits per heavy atom. The Morgan fingerprint density at radius 1 is 0.304 bits per heavy atom. The topological polar surface area (TPSA) is 0 Å². The van der Waals surface area contributed by atoms with Crippen molar-refractivity contribution in [2.75, 3.05) is 0 Å². The van der Waals surface area contributed by atoms with Crippen LogP contribution in [0.2, 0.25) is 0 Å². The second kappa shape index (κ2) is 9.76. The second-order valence-corrected chi connectivity index (χ2v) is 10.9. The van der Waals surface area contributed by atoms with E-state index < -0.39 is 120 Å². The highest BCUT2D eigenvalue weighted by Gasteiger charge is 2.20. The molecule has 0 spiro atoms. The van der Waals surface area contributed by atoms with E-state index >= 15 is 0 Å². The van der Waals surface area contributed by atoms with Gasteiger partial charge in [-0.1, -0.05) is 157 Å². The zero-order valence-corrected chi connectivity index (χ0v) is 23.6. The van der Waals surface area contributed by atoms with E-state index in [1.54, 1.807) is 42.5 Å². The maximum atomic E-state index is 9.61. The predicted molar refractivity (Wildman–Crippen MR) is 199 cm³/mol. The van der Waals surface area contributed by atoms with Crippen molar-refractivity contribution in [3.63, 3.8) is 0 Å². The first kappa shape index (κ1) is 12.8. The van der Waals surface area contributed by atoms with E-state index in [4.69, 9.17) is 20.6 Å². The fraction of sp³-hybridized carbons (Fsp3) is 0. The van der Waals surface area contributed by atoms with Gasteiger partial charge in [-0.3, -0.25) is 0 Å². The molecular formula is C46H28. The first-order valence-corrected chi connectivity index (χ1v) is 14.4. The largest absolute Gasteiger partial charge is 0.0630 e. The number of rotatable bonds is 3. The van der Waals surface area contributed by atoms with Gasteiger partial charge in [-0.2, -0.15) is 0 Å². The van der Waals surface area contributed by atoms with Crippen molar-refractivity contribution < 1.29 is 27.4 Å². The summed E-state index contributed by atoms with van der Waals surface area (Å²) >= 11 is 0. The van der Waals surface area contributed by atoms with Gasteiger partial charge in [0.25, 0.3) is 0 Å². The Labute approximate surface area is 295 Å². The lowest BCUT2D eigenvalue weighted by atomic mass is 9.82. The van der Waals surface area contributed by atoms with E-state index in [1.807, 2.05) is 6.07 Å². The number of fused-ring (bicyclic) bond motifs is 4. The van der Waals surface area contributed by atoms with Crippen LogP contribution in [0.5, 0.6) is 0 Å². The lowest BCUT2D eigenvalue weighted by Crippen LogP contribution is -1.93. The first-order valence-electron chi connectivity index (χ1n) is 24.4. The van der Waals surface area contributed by atoms with Crippen LogP contribution in [0.3, 0.4) is 0 Å². The second-order valence-electron chi connectivity index (χ2n) is 10.9. The summed E-state index contributed by atoms with van der Waals surface area (Å²) in [7, 11) is 0. The van der Waals surface area contributed by atoms with Gasteiger partial charge in [-0.25, -0.2) is 0 Å². The molecule has 0 unspecified atom stereocenters. The molecule has 0 atom stereocenters. The summed E-state index contributed by atoms with van der Waals surface area (Å²) < 4.78 is 177. The third-order valence-corrected chi connectivity index (χ3v) is 8.59. The van der Waals surface area contributed by atoms with E-state index in [0.717, 1.165) is 5.39 Å². The van der Waals surface area contributed by atoms with Crippen LogP contribution in [0.1, 0.15) is 27.4 Å². The monoisotopic (exact) mass is 600 g/mol. The molecule has 0 amide bonds. The standard InChI is InChI=1S/C46H28/c1-3-11-29(12-4-1)36-24-22-32-19-20-33-27-35(28-34-23-25-40(36)44(32)42(33)34)45-39-18-10-9-17-38(39)43(31-14-5-2-6-15-31)41-26-21-30-13-7-8-16-37(30)46(41)45/h1-28H/i1D,2D,3D,4D,5D,6D,7D,8D,9D,10D,11D,12D,13D,14D,15D,16D,17D,18D,21D,26D. The minimum absolute atomic E-state index is 0.00213. The number of benzene rings is 10. The van der Waals surface area contributed by atoms with Crippen LogP contribution in [-0.2, 0) is 0 Å². The van der Waals surface area contributed by atoms with E-state index in [1.165, 1.54) is 0 Å². The fourth-order valence-electron chi connectivity index (χ4n) is 6.76. The quantitative estimate of drug-likeness (QED) is 0.140. The fourth-order valence-corrected chi connectivity index (χ4v) is 6.76. The van der Waals surface area contributed by atoms with Gasteiger partial charge in [0.15, 0.2) is 0 Å². The van der Waals surface area contributed by atoms with Gasteiger partial charge in [0.05, 0.1) is 27.4 Å². The molecule has 0 aliphatic rings. The van der Waals surface area contributed by atoms with Gasteiger partial charge in [0.1, 0.15) is 0 Å². The van der Waals surface area contributed by atoms with Crippen LogP contribution in [0, 0.1) is 0 Å².